The minimum atomic E-state index is -0.922. The summed E-state index contributed by atoms with van der Waals surface area (Å²) in [6.07, 6.45) is 2.63. The van der Waals surface area contributed by atoms with Gasteiger partial charge in [0.05, 0.1) is 12.0 Å². The van der Waals surface area contributed by atoms with Gasteiger partial charge in [-0.05, 0) is 101 Å². The largest absolute Gasteiger partial charge is 0.390 e. The normalized spacial score (nSPS) is 19.8. The Balaban J connectivity index is 1.67. The van der Waals surface area contributed by atoms with Gasteiger partial charge in [-0.3, -0.25) is 9.69 Å². The lowest BCUT2D eigenvalue weighted by molar-refractivity contribution is -0.151. The summed E-state index contributed by atoms with van der Waals surface area (Å²) in [4.78, 5) is 16.9. The molecule has 1 amide bonds. The van der Waals surface area contributed by atoms with Crippen molar-refractivity contribution in [2.45, 2.75) is 79.9 Å². The van der Waals surface area contributed by atoms with E-state index in [1.54, 1.807) is 13.8 Å². The van der Waals surface area contributed by atoms with Crippen molar-refractivity contribution in [2.24, 2.45) is 5.41 Å². The zero-order chi connectivity index (χ0) is 20.9. The lowest BCUT2D eigenvalue weighted by atomic mass is 9.73. The molecule has 0 aromatic heterocycles. The fourth-order valence-electron chi connectivity index (χ4n) is 5.16. The van der Waals surface area contributed by atoms with Gasteiger partial charge in [0.25, 0.3) is 0 Å². The third-order valence-corrected chi connectivity index (χ3v) is 7.27. The highest BCUT2D eigenvalue weighted by atomic mass is 16.3. The van der Waals surface area contributed by atoms with Crippen LogP contribution < -0.4 is 0 Å². The number of carbonyl (C=O) groups excluding carboxylic acids is 1. The van der Waals surface area contributed by atoms with Gasteiger partial charge in [-0.1, -0.05) is 0 Å². The molecule has 0 unspecified atom stereocenters. The average molecular weight is 387 g/mol. The first kappa shape index (κ1) is 21.3. The maximum absolute atomic E-state index is 12.4. The molecule has 1 spiro atoms. The van der Waals surface area contributed by atoms with Crippen molar-refractivity contribution in [2.75, 3.05) is 26.2 Å². The molecule has 2 saturated heterocycles. The first-order valence-corrected chi connectivity index (χ1v) is 10.7. The molecule has 0 bridgehead atoms. The van der Waals surface area contributed by atoms with Gasteiger partial charge < -0.3 is 10.0 Å². The highest BCUT2D eigenvalue weighted by molar-refractivity contribution is 5.78. The summed E-state index contributed by atoms with van der Waals surface area (Å²) in [5.41, 5.74) is 7.99. The maximum atomic E-state index is 12.4. The van der Waals surface area contributed by atoms with Crippen LogP contribution in [0.2, 0.25) is 0 Å². The summed E-state index contributed by atoms with van der Waals surface area (Å²) in [6.45, 7) is 19.6. The van der Waals surface area contributed by atoms with Gasteiger partial charge in [-0.25, -0.2) is 0 Å². The van der Waals surface area contributed by atoms with E-state index in [0.717, 1.165) is 32.7 Å². The minimum absolute atomic E-state index is 0.0896. The van der Waals surface area contributed by atoms with Crippen molar-refractivity contribution in [3.63, 3.8) is 0 Å². The Morgan fingerprint density at radius 1 is 0.964 bits per heavy atom. The van der Waals surface area contributed by atoms with Gasteiger partial charge in [0.2, 0.25) is 5.91 Å². The molecule has 0 atom stereocenters. The molecule has 1 aromatic rings. The molecular weight excluding hydrogens is 348 g/mol. The van der Waals surface area contributed by atoms with Crippen LogP contribution in [-0.4, -0.2) is 52.6 Å². The van der Waals surface area contributed by atoms with E-state index < -0.39 is 5.60 Å². The Hall–Kier alpha value is -1.39. The van der Waals surface area contributed by atoms with Crippen LogP contribution in [0.1, 0.15) is 66.5 Å². The van der Waals surface area contributed by atoms with Crippen molar-refractivity contribution in [3.05, 3.63) is 33.4 Å². The van der Waals surface area contributed by atoms with E-state index in [0.29, 0.717) is 0 Å². The Morgan fingerprint density at radius 3 is 2.04 bits per heavy atom. The topological polar surface area (TPSA) is 43.8 Å². The van der Waals surface area contributed by atoms with E-state index in [1.807, 2.05) is 4.90 Å². The maximum Gasteiger partial charge on any atom is 0.225 e. The van der Waals surface area contributed by atoms with Crippen LogP contribution in [0.3, 0.4) is 0 Å². The Labute approximate surface area is 170 Å². The van der Waals surface area contributed by atoms with E-state index in [4.69, 9.17) is 0 Å². The van der Waals surface area contributed by atoms with Gasteiger partial charge in [0.15, 0.2) is 0 Å². The molecule has 2 fully saturated rings. The third kappa shape index (κ3) is 4.13. The second kappa shape index (κ2) is 7.46. The molecule has 1 N–H and O–H groups in total. The number of rotatable bonds is 4. The molecule has 1 aromatic carbocycles. The van der Waals surface area contributed by atoms with E-state index in [-0.39, 0.29) is 17.7 Å². The lowest BCUT2D eigenvalue weighted by Gasteiger charge is -2.55. The van der Waals surface area contributed by atoms with Crippen LogP contribution in [0.15, 0.2) is 0 Å². The molecule has 2 aliphatic heterocycles. The molecule has 0 aliphatic carbocycles. The molecule has 28 heavy (non-hydrogen) atoms. The van der Waals surface area contributed by atoms with Crippen LogP contribution in [0.4, 0.5) is 0 Å². The van der Waals surface area contributed by atoms with Gasteiger partial charge in [0, 0.05) is 31.6 Å². The van der Waals surface area contributed by atoms with Crippen molar-refractivity contribution in [1.82, 2.24) is 9.80 Å². The number of hydrogen-bond acceptors (Lipinski definition) is 3. The molecule has 4 heteroatoms. The molecule has 2 heterocycles. The standard InChI is InChI=1S/C24H38N2O2/c1-16-17(2)19(4)21(20(5)18(16)3)12-25-10-8-9-24(13-25)14-26(15-24)22(27)11-23(6,7)28/h28H,8-15H2,1-7H3. The number of hydrogen-bond donors (Lipinski definition) is 1. The van der Waals surface area contributed by atoms with Crippen molar-refractivity contribution < 1.29 is 9.90 Å². The molecular formula is C24H38N2O2. The molecule has 4 nitrogen and oxygen atoms in total. The SMILES string of the molecule is Cc1c(C)c(C)c(CN2CCCC3(C2)CN(C(=O)CC(C)(C)O)C3)c(C)c1C. The van der Waals surface area contributed by atoms with Crippen LogP contribution in [0.5, 0.6) is 0 Å². The van der Waals surface area contributed by atoms with Gasteiger partial charge >= 0.3 is 0 Å². The predicted octanol–water partition coefficient (Wildman–Crippen LogP) is 3.81. The number of benzene rings is 1. The minimum Gasteiger partial charge on any atom is -0.390 e. The van der Waals surface area contributed by atoms with Gasteiger partial charge in [-0.15, -0.1) is 0 Å². The summed E-state index contributed by atoms with van der Waals surface area (Å²) in [5.74, 6) is 0.0896. The smallest absolute Gasteiger partial charge is 0.225 e. The van der Waals surface area contributed by atoms with Crippen LogP contribution >= 0.6 is 0 Å². The number of carbonyl (C=O) groups is 1. The van der Waals surface area contributed by atoms with Crippen LogP contribution in [0, 0.1) is 40.0 Å². The Morgan fingerprint density at radius 2 is 1.50 bits per heavy atom. The predicted molar refractivity (Wildman–Crippen MR) is 115 cm³/mol. The fraction of sp³-hybridized carbons (Fsp3) is 0.708. The first-order chi connectivity index (χ1) is 12.9. The van der Waals surface area contributed by atoms with Crippen molar-refractivity contribution >= 4 is 5.91 Å². The van der Waals surface area contributed by atoms with Crippen molar-refractivity contribution in [3.8, 4) is 0 Å². The number of likely N-dealkylation sites (tertiary alicyclic amines) is 2. The number of amides is 1. The second-order valence-electron chi connectivity index (χ2n) is 10.2. The Kier molecular flexibility index (Phi) is 5.68. The molecule has 2 aliphatic rings. The summed E-state index contributed by atoms with van der Waals surface area (Å²) in [6, 6.07) is 0. The number of piperidine rings is 1. The highest BCUT2D eigenvalue weighted by Gasteiger charge is 2.47. The zero-order valence-corrected chi connectivity index (χ0v) is 18.9. The van der Waals surface area contributed by atoms with E-state index in [2.05, 4.69) is 39.5 Å². The van der Waals surface area contributed by atoms with E-state index in [1.165, 1.54) is 46.2 Å². The first-order valence-electron chi connectivity index (χ1n) is 10.7. The number of aliphatic hydroxyl groups is 1. The zero-order valence-electron chi connectivity index (χ0n) is 18.9. The van der Waals surface area contributed by atoms with Crippen LogP contribution in [-0.2, 0) is 11.3 Å². The average Bonchev–Trinajstić information content (AvgIpc) is 2.58. The molecule has 0 saturated carbocycles. The number of nitrogens with zero attached hydrogens (tertiary/aromatic N) is 2. The van der Waals surface area contributed by atoms with Gasteiger partial charge in [0.1, 0.15) is 0 Å². The summed E-state index contributed by atoms with van der Waals surface area (Å²) < 4.78 is 0. The third-order valence-electron chi connectivity index (χ3n) is 7.27. The lowest BCUT2D eigenvalue weighted by Crippen LogP contribution is -2.64. The highest BCUT2D eigenvalue weighted by Crippen LogP contribution is 2.40. The second-order valence-corrected chi connectivity index (χ2v) is 10.2. The fourth-order valence-corrected chi connectivity index (χ4v) is 5.16. The monoisotopic (exact) mass is 386 g/mol. The molecule has 156 valence electrons. The molecule has 3 rings (SSSR count). The van der Waals surface area contributed by atoms with E-state index in [9.17, 15) is 9.90 Å². The Bertz CT molecular complexity index is 741. The summed E-state index contributed by atoms with van der Waals surface area (Å²) in [5, 5.41) is 9.93. The molecule has 0 radical (unpaired) electrons. The van der Waals surface area contributed by atoms with Crippen molar-refractivity contribution in [1.29, 1.82) is 0 Å². The quantitative estimate of drug-likeness (QED) is 0.856. The summed E-state index contributed by atoms with van der Waals surface area (Å²) >= 11 is 0. The van der Waals surface area contributed by atoms with Gasteiger partial charge in [-0.2, -0.15) is 0 Å². The summed E-state index contributed by atoms with van der Waals surface area (Å²) in [7, 11) is 0. The van der Waals surface area contributed by atoms with E-state index >= 15 is 0 Å². The van der Waals surface area contributed by atoms with Crippen LogP contribution in [0.25, 0.3) is 0 Å².